The monoisotopic (exact) mass is 340 g/mol. The van der Waals surface area contributed by atoms with Crippen molar-refractivity contribution < 1.29 is 5.11 Å². The van der Waals surface area contributed by atoms with Gasteiger partial charge in [0.1, 0.15) is 5.75 Å². The molecule has 1 saturated heterocycles. The number of nitrogens with zero attached hydrogens (tertiary/aromatic N) is 2. The summed E-state index contributed by atoms with van der Waals surface area (Å²) in [4.78, 5) is 2.28. The van der Waals surface area contributed by atoms with Gasteiger partial charge in [0, 0.05) is 37.0 Å². The number of aromatic hydroxyl groups is 1. The maximum Gasteiger partial charge on any atom is 0.121 e. The van der Waals surface area contributed by atoms with Crippen LogP contribution in [-0.4, -0.2) is 28.4 Å². The summed E-state index contributed by atoms with van der Waals surface area (Å²) < 4.78 is 0. The Morgan fingerprint density at radius 1 is 1.27 bits per heavy atom. The van der Waals surface area contributed by atoms with Crippen LogP contribution in [0.2, 0.25) is 10.0 Å². The minimum absolute atomic E-state index is 0.110. The van der Waals surface area contributed by atoms with Gasteiger partial charge in [-0.2, -0.15) is 5.10 Å². The van der Waals surface area contributed by atoms with E-state index in [4.69, 9.17) is 28.9 Å². The number of H-pyrrole nitrogens is 1. The van der Waals surface area contributed by atoms with Crippen molar-refractivity contribution in [2.75, 3.05) is 18.0 Å². The minimum Gasteiger partial charge on any atom is -0.508 e. The number of aromatic amines is 1. The van der Waals surface area contributed by atoms with E-state index in [2.05, 4.69) is 15.1 Å². The summed E-state index contributed by atoms with van der Waals surface area (Å²) in [6, 6.07) is 2.88. The second-order valence-corrected chi connectivity index (χ2v) is 6.45. The van der Waals surface area contributed by atoms with Crippen LogP contribution < -0.4 is 10.6 Å². The summed E-state index contributed by atoms with van der Waals surface area (Å²) in [6.45, 7) is 1.83. The van der Waals surface area contributed by atoms with Gasteiger partial charge in [0.2, 0.25) is 0 Å². The van der Waals surface area contributed by atoms with Crippen LogP contribution in [0.3, 0.4) is 0 Å². The van der Waals surface area contributed by atoms with Gasteiger partial charge in [-0.15, -0.1) is 0 Å². The van der Waals surface area contributed by atoms with Gasteiger partial charge in [-0.1, -0.05) is 23.2 Å². The lowest BCUT2D eigenvalue weighted by atomic mass is 9.85. The summed E-state index contributed by atoms with van der Waals surface area (Å²) in [6.07, 6.45) is 5.62. The maximum atomic E-state index is 10.1. The topological polar surface area (TPSA) is 78.2 Å². The molecule has 5 nitrogen and oxygen atoms in total. The largest absolute Gasteiger partial charge is 0.508 e. The zero-order valence-electron chi connectivity index (χ0n) is 12.0. The van der Waals surface area contributed by atoms with Crippen LogP contribution in [0.1, 0.15) is 24.4 Å². The molecule has 7 heteroatoms. The molecule has 1 aromatic carbocycles. The molecule has 2 heterocycles. The maximum absolute atomic E-state index is 10.1. The van der Waals surface area contributed by atoms with Gasteiger partial charge in [-0.3, -0.25) is 5.10 Å². The standard InChI is InChI=1S/C15H18Cl2N4O/c16-12-5-11(14(22)6-13(12)17)15(18)9-1-3-21(4-2-9)10-7-19-20-8-10/h5-9,15,22H,1-4,18H2,(H,19,20)/t15-/m1/s1. The summed E-state index contributed by atoms with van der Waals surface area (Å²) in [5.41, 5.74) is 8.12. The van der Waals surface area contributed by atoms with Crippen LogP contribution in [0.15, 0.2) is 24.5 Å². The molecule has 4 N–H and O–H groups in total. The van der Waals surface area contributed by atoms with E-state index in [1.54, 1.807) is 6.07 Å². The normalized spacial score (nSPS) is 17.7. The first-order valence-electron chi connectivity index (χ1n) is 7.23. The van der Waals surface area contributed by atoms with Crippen molar-refractivity contribution in [1.82, 2.24) is 10.2 Å². The summed E-state index contributed by atoms with van der Waals surface area (Å²) in [5.74, 6) is 0.408. The predicted octanol–water partition coefficient (Wildman–Crippen LogP) is 3.34. The molecule has 1 aliphatic heterocycles. The van der Waals surface area contributed by atoms with E-state index < -0.39 is 0 Å². The fraction of sp³-hybridized carbons (Fsp3) is 0.400. The number of hydrogen-bond donors (Lipinski definition) is 3. The predicted molar refractivity (Wildman–Crippen MR) is 88.6 cm³/mol. The molecular formula is C15H18Cl2N4O. The lowest BCUT2D eigenvalue weighted by Gasteiger charge is -2.35. The summed E-state index contributed by atoms with van der Waals surface area (Å²) in [7, 11) is 0. The third kappa shape index (κ3) is 3.02. The van der Waals surface area contributed by atoms with Gasteiger partial charge in [0.25, 0.3) is 0 Å². The van der Waals surface area contributed by atoms with Gasteiger partial charge < -0.3 is 15.7 Å². The Hall–Kier alpha value is -1.43. The number of phenols is 1. The van der Waals surface area contributed by atoms with Gasteiger partial charge >= 0.3 is 0 Å². The van der Waals surface area contributed by atoms with E-state index in [0.717, 1.165) is 31.6 Å². The first kappa shape index (κ1) is 15.5. The van der Waals surface area contributed by atoms with E-state index in [0.29, 0.717) is 21.5 Å². The molecule has 0 unspecified atom stereocenters. The fourth-order valence-electron chi connectivity index (χ4n) is 3.01. The molecule has 1 aromatic heterocycles. The number of nitrogens with two attached hydrogens (primary N) is 1. The quantitative estimate of drug-likeness (QED) is 0.800. The highest BCUT2D eigenvalue weighted by Crippen LogP contribution is 2.38. The number of rotatable bonds is 3. The van der Waals surface area contributed by atoms with Crippen molar-refractivity contribution in [1.29, 1.82) is 0 Å². The molecule has 1 fully saturated rings. The number of phenolic OH excluding ortho intramolecular Hbond substituents is 1. The molecule has 0 spiro atoms. The van der Waals surface area contributed by atoms with Crippen molar-refractivity contribution >= 4 is 28.9 Å². The molecule has 0 amide bonds. The van der Waals surface area contributed by atoms with Crippen LogP contribution in [0, 0.1) is 5.92 Å². The number of anilines is 1. The Labute approximate surface area is 139 Å². The van der Waals surface area contributed by atoms with Crippen LogP contribution in [0.4, 0.5) is 5.69 Å². The van der Waals surface area contributed by atoms with Crippen molar-refractivity contribution in [2.24, 2.45) is 11.7 Å². The van der Waals surface area contributed by atoms with Gasteiger partial charge in [-0.25, -0.2) is 0 Å². The first-order valence-corrected chi connectivity index (χ1v) is 7.99. The van der Waals surface area contributed by atoms with Crippen LogP contribution >= 0.6 is 23.2 Å². The molecule has 0 saturated carbocycles. The third-order valence-corrected chi connectivity index (χ3v) is 5.05. The Morgan fingerprint density at radius 3 is 2.59 bits per heavy atom. The first-order chi connectivity index (χ1) is 10.6. The highest BCUT2D eigenvalue weighted by molar-refractivity contribution is 6.42. The zero-order chi connectivity index (χ0) is 15.7. The second kappa shape index (κ2) is 6.36. The molecule has 0 bridgehead atoms. The van der Waals surface area contributed by atoms with E-state index >= 15 is 0 Å². The molecule has 3 rings (SSSR count). The van der Waals surface area contributed by atoms with Gasteiger partial charge in [0.15, 0.2) is 0 Å². The number of piperidine rings is 1. The zero-order valence-corrected chi connectivity index (χ0v) is 13.5. The second-order valence-electron chi connectivity index (χ2n) is 5.63. The smallest absolute Gasteiger partial charge is 0.121 e. The number of nitrogens with one attached hydrogen (secondary N) is 1. The molecule has 1 aliphatic rings. The Bertz CT molecular complexity index is 639. The van der Waals surface area contributed by atoms with E-state index in [-0.39, 0.29) is 11.8 Å². The highest BCUT2D eigenvalue weighted by atomic mass is 35.5. The minimum atomic E-state index is -0.249. The summed E-state index contributed by atoms with van der Waals surface area (Å²) in [5, 5.41) is 17.6. The molecule has 1 atom stereocenters. The molecule has 118 valence electrons. The molecule has 2 aromatic rings. The Balaban J connectivity index is 1.69. The lowest BCUT2D eigenvalue weighted by molar-refractivity contribution is 0.337. The fourth-order valence-corrected chi connectivity index (χ4v) is 3.34. The van der Waals surface area contributed by atoms with Crippen molar-refractivity contribution in [2.45, 2.75) is 18.9 Å². The summed E-state index contributed by atoms with van der Waals surface area (Å²) >= 11 is 11.9. The number of benzene rings is 1. The average Bonchev–Trinajstić information content (AvgIpc) is 3.05. The third-order valence-electron chi connectivity index (χ3n) is 4.33. The number of halogens is 2. The molecule has 22 heavy (non-hydrogen) atoms. The van der Waals surface area contributed by atoms with Crippen LogP contribution in [0.5, 0.6) is 5.75 Å². The lowest BCUT2D eigenvalue weighted by Crippen LogP contribution is -2.37. The van der Waals surface area contributed by atoms with E-state index in [1.165, 1.54) is 6.07 Å². The van der Waals surface area contributed by atoms with Crippen molar-refractivity contribution in [3.63, 3.8) is 0 Å². The average molecular weight is 341 g/mol. The molecule has 0 aliphatic carbocycles. The van der Waals surface area contributed by atoms with Crippen molar-refractivity contribution in [3.8, 4) is 5.75 Å². The number of hydrogen-bond acceptors (Lipinski definition) is 4. The van der Waals surface area contributed by atoms with Gasteiger partial charge in [0.05, 0.1) is 21.9 Å². The SMILES string of the molecule is N[C@@H](c1cc(Cl)c(Cl)cc1O)C1CCN(c2cn[nH]c2)CC1. The number of aromatic nitrogens is 2. The Morgan fingerprint density at radius 2 is 1.95 bits per heavy atom. The molecule has 0 radical (unpaired) electrons. The van der Waals surface area contributed by atoms with E-state index in [9.17, 15) is 5.11 Å². The Kier molecular flexibility index (Phi) is 4.47. The van der Waals surface area contributed by atoms with Crippen LogP contribution in [-0.2, 0) is 0 Å². The highest BCUT2D eigenvalue weighted by Gasteiger charge is 2.27. The van der Waals surface area contributed by atoms with Crippen molar-refractivity contribution in [3.05, 3.63) is 40.1 Å². The van der Waals surface area contributed by atoms with E-state index in [1.807, 2.05) is 12.4 Å². The molecular weight excluding hydrogens is 323 g/mol. The van der Waals surface area contributed by atoms with Gasteiger partial charge in [-0.05, 0) is 24.8 Å². The van der Waals surface area contributed by atoms with Crippen LogP contribution in [0.25, 0.3) is 0 Å².